The van der Waals surface area contributed by atoms with E-state index in [1.54, 1.807) is 12.3 Å². The SMILES string of the molecule is N#Cc1cccc(NC2CCN(Cc3ccc(-c4nc5n(c4-c4ccccc4)COc4ccncc4-5)cc3)CC2)n1. The summed E-state index contributed by atoms with van der Waals surface area (Å²) in [5, 5.41) is 12.6. The van der Waals surface area contributed by atoms with Gasteiger partial charge < -0.3 is 10.1 Å². The summed E-state index contributed by atoms with van der Waals surface area (Å²) >= 11 is 0. The Morgan fingerprint density at radius 1 is 0.902 bits per heavy atom. The third-order valence-corrected chi connectivity index (χ3v) is 7.82. The third kappa shape index (κ3) is 5.04. The number of pyridine rings is 2. The number of nitrogens with one attached hydrogen (secondary N) is 1. The van der Waals surface area contributed by atoms with Gasteiger partial charge in [0.15, 0.2) is 6.73 Å². The second-order valence-corrected chi connectivity index (χ2v) is 10.5. The third-order valence-electron chi connectivity index (χ3n) is 7.82. The molecule has 1 N–H and O–H groups in total. The number of anilines is 1. The van der Waals surface area contributed by atoms with E-state index in [2.05, 4.69) is 79.4 Å². The van der Waals surface area contributed by atoms with Gasteiger partial charge in [0.25, 0.3) is 0 Å². The lowest BCUT2D eigenvalue weighted by molar-refractivity contribution is 0.211. The molecule has 0 amide bonds. The number of aromatic nitrogens is 4. The van der Waals surface area contributed by atoms with Crippen molar-refractivity contribution in [2.24, 2.45) is 0 Å². The average Bonchev–Trinajstić information content (AvgIpc) is 3.43. The summed E-state index contributed by atoms with van der Waals surface area (Å²) in [5.74, 6) is 2.47. The van der Waals surface area contributed by atoms with Gasteiger partial charge >= 0.3 is 0 Å². The first-order valence-electron chi connectivity index (χ1n) is 13.9. The van der Waals surface area contributed by atoms with Gasteiger partial charge in [-0.2, -0.15) is 5.26 Å². The Bertz CT molecular complexity index is 1720. The van der Waals surface area contributed by atoms with Gasteiger partial charge in [-0.15, -0.1) is 0 Å². The smallest absolute Gasteiger partial charge is 0.167 e. The fourth-order valence-corrected chi connectivity index (χ4v) is 5.73. The molecule has 2 aliphatic heterocycles. The molecule has 0 bridgehead atoms. The summed E-state index contributed by atoms with van der Waals surface area (Å²) in [4.78, 5) is 16.3. The van der Waals surface area contributed by atoms with Crippen LogP contribution >= 0.6 is 0 Å². The van der Waals surface area contributed by atoms with Crippen LogP contribution in [0.3, 0.4) is 0 Å². The fourth-order valence-electron chi connectivity index (χ4n) is 5.73. The normalized spacial score (nSPS) is 14.9. The number of imidazole rings is 1. The van der Waals surface area contributed by atoms with Gasteiger partial charge in [0.05, 0.1) is 17.0 Å². The van der Waals surface area contributed by atoms with E-state index >= 15 is 0 Å². The summed E-state index contributed by atoms with van der Waals surface area (Å²) in [6.07, 6.45) is 5.65. The van der Waals surface area contributed by atoms with Crippen LogP contribution in [0.25, 0.3) is 33.9 Å². The zero-order chi connectivity index (χ0) is 27.6. The molecule has 41 heavy (non-hydrogen) atoms. The maximum Gasteiger partial charge on any atom is 0.167 e. The van der Waals surface area contributed by atoms with E-state index in [1.165, 1.54) is 5.56 Å². The van der Waals surface area contributed by atoms with Crippen molar-refractivity contribution in [2.45, 2.75) is 32.2 Å². The molecule has 8 heteroatoms. The molecule has 8 nitrogen and oxygen atoms in total. The number of nitriles is 1. The summed E-state index contributed by atoms with van der Waals surface area (Å²) in [5.41, 5.74) is 6.81. The molecule has 0 aliphatic carbocycles. The minimum absolute atomic E-state index is 0.364. The molecule has 0 atom stereocenters. The van der Waals surface area contributed by atoms with Gasteiger partial charge in [-0.1, -0.05) is 60.7 Å². The molecule has 202 valence electrons. The summed E-state index contributed by atoms with van der Waals surface area (Å²) in [6, 6.07) is 29.1. The van der Waals surface area contributed by atoms with Crippen LogP contribution in [0.15, 0.2) is 91.3 Å². The van der Waals surface area contributed by atoms with Crippen LogP contribution in [-0.2, 0) is 13.3 Å². The monoisotopic (exact) mass is 539 g/mol. The van der Waals surface area contributed by atoms with Gasteiger partial charge in [0.2, 0.25) is 0 Å². The molecule has 3 aromatic heterocycles. The van der Waals surface area contributed by atoms with Crippen molar-refractivity contribution in [1.29, 1.82) is 5.26 Å². The largest absolute Gasteiger partial charge is 0.472 e. The summed E-state index contributed by atoms with van der Waals surface area (Å²) in [6.45, 7) is 3.34. The van der Waals surface area contributed by atoms with Crippen molar-refractivity contribution in [1.82, 2.24) is 24.4 Å². The van der Waals surface area contributed by atoms with Gasteiger partial charge in [-0.25, -0.2) is 9.97 Å². The Hall–Kier alpha value is -5.00. The molecule has 7 rings (SSSR count). The second kappa shape index (κ2) is 10.9. The van der Waals surface area contributed by atoms with Crippen LogP contribution in [-0.4, -0.2) is 43.6 Å². The molecule has 0 unspecified atom stereocenters. The Morgan fingerprint density at radius 3 is 2.54 bits per heavy atom. The highest BCUT2D eigenvalue weighted by molar-refractivity contribution is 5.83. The first-order chi connectivity index (χ1) is 20.2. The van der Waals surface area contributed by atoms with Crippen molar-refractivity contribution in [3.63, 3.8) is 0 Å². The standard InChI is InChI=1S/C33H29N7O/c34-19-27-7-4-8-30(37-27)36-26-14-17-39(18-15-26)21-23-9-11-24(12-10-23)31-32(25-5-2-1-3-6-25)40-22-41-29-13-16-35-20-28(29)33(40)38-31/h1-13,16,20,26H,14-15,17-18,21-22H2,(H,36,37). The number of hydrogen-bond acceptors (Lipinski definition) is 7. The number of hydrogen-bond donors (Lipinski definition) is 1. The van der Waals surface area contributed by atoms with Gasteiger partial charge in [-0.05, 0) is 36.6 Å². The highest BCUT2D eigenvalue weighted by atomic mass is 16.5. The topological polar surface area (TPSA) is 91.9 Å². The molecule has 5 heterocycles. The van der Waals surface area contributed by atoms with Crippen molar-refractivity contribution < 1.29 is 4.74 Å². The Kier molecular flexibility index (Phi) is 6.63. The second-order valence-electron chi connectivity index (χ2n) is 10.5. The molecular weight excluding hydrogens is 510 g/mol. The quantitative estimate of drug-likeness (QED) is 0.284. The highest BCUT2D eigenvalue weighted by Gasteiger charge is 2.26. The summed E-state index contributed by atoms with van der Waals surface area (Å²) < 4.78 is 8.22. The van der Waals surface area contributed by atoms with E-state index in [0.717, 1.165) is 77.9 Å². The van der Waals surface area contributed by atoms with E-state index in [1.807, 2.05) is 30.5 Å². The van der Waals surface area contributed by atoms with Crippen molar-refractivity contribution in [3.05, 3.63) is 103 Å². The maximum absolute atomic E-state index is 9.11. The molecule has 0 saturated carbocycles. The van der Waals surface area contributed by atoms with Crippen molar-refractivity contribution in [3.8, 4) is 45.7 Å². The molecule has 1 fully saturated rings. The minimum atomic E-state index is 0.364. The van der Waals surface area contributed by atoms with E-state index in [0.29, 0.717) is 18.5 Å². The highest BCUT2D eigenvalue weighted by Crippen LogP contribution is 2.41. The maximum atomic E-state index is 9.11. The molecular formula is C33H29N7O. The zero-order valence-corrected chi connectivity index (χ0v) is 22.6. The van der Waals surface area contributed by atoms with Crippen molar-refractivity contribution in [2.75, 3.05) is 18.4 Å². The molecule has 0 radical (unpaired) electrons. The lowest BCUT2D eigenvalue weighted by Gasteiger charge is -2.32. The van der Waals surface area contributed by atoms with E-state index in [9.17, 15) is 0 Å². The first kappa shape index (κ1) is 25.0. The number of fused-ring (bicyclic) bond motifs is 3. The van der Waals surface area contributed by atoms with Crippen LogP contribution in [0.5, 0.6) is 5.75 Å². The minimum Gasteiger partial charge on any atom is -0.472 e. The molecule has 2 aliphatic rings. The van der Waals surface area contributed by atoms with Crippen molar-refractivity contribution >= 4 is 5.82 Å². The Morgan fingerprint density at radius 2 is 1.73 bits per heavy atom. The lowest BCUT2D eigenvalue weighted by atomic mass is 10.0. The van der Waals surface area contributed by atoms with Gasteiger partial charge in [0, 0.05) is 49.2 Å². The lowest BCUT2D eigenvalue weighted by Crippen LogP contribution is -2.38. The summed E-state index contributed by atoms with van der Waals surface area (Å²) in [7, 11) is 0. The number of nitrogens with zero attached hydrogens (tertiary/aromatic N) is 6. The van der Waals surface area contributed by atoms with Gasteiger partial charge in [-0.3, -0.25) is 14.5 Å². The average molecular weight is 540 g/mol. The van der Waals surface area contributed by atoms with E-state index < -0.39 is 0 Å². The van der Waals surface area contributed by atoms with E-state index in [4.69, 9.17) is 15.0 Å². The Balaban J connectivity index is 1.08. The number of benzene rings is 2. The molecule has 5 aromatic rings. The zero-order valence-electron chi connectivity index (χ0n) is 22.6. The van der Waals surface area contributed by atoms with Crippen LogP contribution < -0.4 is 10.1 Å². The number of likely N-dealkylation sites (tertiary alicyclic amines) is 1. The predicted octanol–water partition coefficient (Wildman–Crippen LogP) is 5.97. The number of piperidine rings is 1. The van der Waals surface area contributed by atoms with Crippen LogP contribution in [0.1, 0.15) is 24.1 Å². The van der Waals surface area contributed by atoms with Gasteiger partial charge in [0.1, 0.15) is 29.2 Å². The number of ether oxygens (including phenoxy) is 1. The van der Waals surface area contributed by atoms with Crippen LogP contribution in [0.2, 0.25) is 0 Å². The van der Waals surface area contributed by atoms with Crippen LogP contribution in [0, 0.1) is 11.3 Å². The fraction of sp³-hybridized carbons (Fsp3) is 0.212. The van der Waals surface area contributed by atoms with Crippen LogP contribution in [0.4, 0.5) is 5.82 Å². The number of rotatable bonds is 6. The molecule has 2 aromatic carbocycles. The predicted molar refractivity (Wildman–Crippen MR) is 158 cm³/mol. The Labute approximate surface area is 238 Å². The van der Waals surface area contributed by atoms with E-state index in [-0.39, 0.29) is 0 Å². The molecule has 0 spiro atoms. The molecule has 1 saturated heterocycles. The first-order valence-corrected chi connectivity index (χ1v) is 13.9.